The van der Waals surface area contributed by atoms with Gasteiger partial charge in [0.15, 0.2) is 0 Å². The maximum atomic E-state index is 6.12. The van der Waals surface area contributed by atoms with Crippen molar-refractivity contribution < 1.29 is 9.47 Å². The van der Waals surface area contributed by atoms with Crippen LogP contribution in [0, 0.1) is 0 Å². The van der Waals surface area contributed by atoms with Crippen LogP contribution in [0.5, 0.6) is 11.5 Å². The van der Waals surface area contributed by atoms with Crippen LogP contribution in [0.4, 0.5) is 5.69 Å². The average molecular weight is 398 g/mol. The third-order valence-electron chi connectivity index (χ3n) is 5.28. The Balaban J connectivity index is 1.47. The molecule has 1 fully saturated rings. The molecule has 0 atom stereocenters. The fraction of sp³-hybridized carbons (Fsp3) is 0.318. The minimum Gasteiger partial charge on any atom is -0.497 e. The van der Waals surface area contributed by atoms with Gasteiger partial charge in [0.2, 0.25) is 0 Å². The van der Waals surface area contributed by atoms with Gasteiger partial charge in [-0.1, -0.05) is 11.6 Å². The number of methoxy groups -OCH3 is 2. The highest BCUT2D eigenvalue weighted by molar-refractivity contribution is 6.31. The largest absolute Gasteiger partial charge is 0.497 e. The van der Waals surface area contributed by atoms with Gasteiger partial charge < -0.3 is 14.4 Å². The third kappa shape index (κ3) is 3.86. The Morgan fingerprint density at radius 2 is 1.79 bits per heavy atom. The Hall–Kier alpha value is -2.50. The van der Waals surface area contributed by atoms with E-state index in [9.17, 15) is 0 Å². The van der Waals surface area contributed by atoms with Crippen LogP contribution in [0.2, 0.25) is 5.02 Å². The fourth-order valence-corrected chi connectivity index (χ4v) is 3.94. The molecular weight excluding hydrogens is 374 g/mol. The molecule has 3 aromatic rings. The van der Waals surface area contributed by atoms with Crippen molar-refractivity contribution in [3.8, 4) is 11.5 Å². The van der Waals surface area contributed by atoms with E-state index in [0.29, 0.717) is 5.02 Å². The Bertz CT molecular complexity index is 971. The van der Waals surface area contributed by atoms with Crippen molar-refractivity contribution in [3.05, 3.63) is 59.2 Å². The molecule has 1 aliphatic heterocycles. The molecule has 5 nitrogen and oxygen atoms in total. The monoisotopic (exact) mass is 397 g/mol. The summed E-state index contributed by atoms with van der Waals surface area (Å²) in [5.74, 6) is 1.76. The molecule has 0 aliphatic carbocycles. The van der Waals surface area contributed by atoms with Crippen molar-refractivity contribution in [1.29, 1.82) is 0 Å². The topological polar surface area (TPSA) is 37.8 Å². The van der Waals surface area contributed by atoms with Gasteiger partial charge in [0.05, 0.1) is 19.7 Å². The molecule has 0 radical (unpaired) electrons. The van der Waals surface area contributed by atoms with Crippen LogP contribution in [0.3, 0.4) is 0 Å². The Morgan fingerprint density at radius 1 is 0.964 bits per heavy atom. The Kier molecular flexibility index (Phi) is 5.55. The average Bonchev–Trinajstić information content (AvgIpc) is 2.73. The van der Waals surface area contributed by atoms with Gasteiger partial charge in [-0.15, -0.1) is 0 Å². The van der Waals surface area contributed by atoms with Gasteiger partial charge in [-0.05, 0) is 42.5 Å². The summed E-state index contributed by atoms with van der Waals surface area (Å²) in [5.41, 5.74) is 3.31. The van der Waals surface area contributed by atoms with Crippen LogP contribution < -0.4 is 14.4 Å². The number of hydrogen-bond donors (Lipinski definition) is 0. The lowest BCUT2D eigenvalue weighted by Crippen LogP contribution is -2.46. The van der Waals surface area contributed by atoms with Crippen molar-refractivity contribution in [3.63, 3.8) is 0 Å². The van der Waals surface area contributed by atoms with Crippen molar-refractivity contribution in [2.24, 2.45) is 0 Å². The first-order valence-corrected chi connectivity index (χ1v) is 9.78. The third-order valence-corrected chi connectivity index (χ3v) is 5.51. The van der Waals surface area contributed by atoms with E-state index in [4.69, 9.17) is 21.1 Å². The van der Waals surface area contributed by atoms with Crippen LogP contribution in [0.25, 0.3) is 10.9 Å². The lowest BCUT2D eigenvalue weighted by molar-refractivity contribution is 0.246. The molecule has 0 amide bonds. The molecule has 0 saturated carbocycles. The lowest BCUT2D eigenvalue weighted by Gasteiger charge is -2.36. The zero-order chi connectivity index (χ0) is 19.5. The second kappa shape index (κ2) is 8.25. The summed E-state index contributed by atoms with van der Waals surface area (Å²) in [6, 6.07) is 14.0. The number of nitrogens with zero attached hydrogens (tertiary/aromatic N) is 3. The molecule has 28 heavy (non-hydrogen) atoms. The second-order valence-corrected chi connectivity index (χ2v) is 7.37. The van der Waals surface area contributed by atoms with Crippen molar-refractivity contribution in [1.82, 2.24) is 9.88 Å². The lowest BCUT2D eigenvalue weighted by atomic mass is 10.1. The van der Waals surface area contributed by atoms with E-state index in [-0.39, 0.29) is 0 Å². The standard InChI is InChI=1S/C22H24ClN3O2/c1-27-18-4-6-22(28-2)16(13-18)15-25-9-11-26(12-10-25)21-7-8-24-20-14-17(23)3-5-19(20)21/h3-8,13-14H,9-12,15H2,1-2H3. The molecule has 6 heteroatoms. The molecule has 2 aromatic carbocycles. The maximum absolute atomic E-state index is 6.12. The number of halogens is 1. The number of piperazine rings is 1. The van der Waals surface area contributed by atoms with E-state index in [0.717, 1.165) is 60.7 Å². The molecule has 0 spiro atoms. The number of aromatic nitrogens is 1. The molecule has 0 unspecified atom stereocenters. The molecule has 4 rings (SSSR count). The van der Waals surface area contributed by atoms with Gasteiger partial charge in [0.1, 0.15) is 11.5 Å². The summed E-state index contributed by atoms with van der Waals surface area (Å²) in [5, 5.41) is 1.86. The molecule has 1 saturated heterocycles. The van der Waals surface area contributed by atoms with E-state index in [1.165, 1.54) is 5.69 Å². The van der Waals surface area contributed by atoms with Gasteiger partial charge in [-0.25, -0.2) is 0 Å². The maximum Gasteiger partial charge on any atom is 0.123 e. The minimum absolute atomic E-state index is 0.717. The summed E-state index contributed by atoms with van der Waals surface area (Å²) in [6.07, 6.45) is 1.86. The van der Waals surface area contributed by atoms with Gasteiger partial charge in [-0.3, -0.25) is 9.88 Å². The van der Waals surface area contributed by atoms with Crippen LogP contribution in [0.1, 0.15) is 5.56 Å². The molecule has 2 heterocycles. The van der Waals surface area contributed by atoms with Gasteiger partial charge in [-0.2, -0.15) is 0 Å². The van der Waals surface area contributed by atoms with Crippen LogP contribution in [0.15, 0.2) is 48.7 Å². The van der Waals surface area contributed by atoms with Gasteiger partial charge in [0, 0.05) is 60.6 Å². The number of hydrogen-bond acceptors (Lipinski definition) is 5. The zero-order valence-electron chi connectivity index (χ0n) is 16.2. The molecule has 1 aliphatic rings. The van der Waals surface area contributed by atoms with Crippen LogP contribution >= 0.6 is 11.6 Å². The minimum atomic E-state index is 0.717. The van der Waals surface area contributed by atoms with Gasteiger partial charge >= 0.3 is 0 Å². The highest BCUT2D eigenvalue weighted by Crippen LogP contribution is 2.29. The predicted molar refractivity (Wildman–Crippen MR) is 114 cm³/mol. The van der Waals surface area contributed by atoms with Crippen molar-refractivity contribution in [2.45, 2.75) is 6.54 Å². The fourth-order valence-electron chi connectivity index (χ4n) is 3.78. The highest BCUT2D eigenvalue weighted by Gasteiger charge is 2.20. The summed E-state index contributed by atoms with van der Waals surface area (Å²) >= 11 is 6.12. The SMILES string of the molecule is COc1ccc(OC)c(CN2CCN(c3ccnc4cc(Cl)ccc34)CC2)c1. The zero-order valence-corrected chi connectivity index (χ0v) is 16.9. The molecule has 146 valence electrons. The summed E-state index contributed by atoms with van der Waals surface area (Å²) in [7, 11) is 3.40. The first-order chi connectivity index (χ1) is 13.7. The molecule has 0 N–H and O–H groups in total. The smallest absolute Gasteiger partial charge is 0.123 e. The summed E-state index contributed by atoms with van der Waals surface area (Å²) in [6.45, 7) is 4.75. The highest BCUT2D eigenvalue weighted by atomic mass is 35.5. The number of rotatable bonds is 5. The normalized spacial score (nSPS) is 15.0. The molecule has 1 aromatic heterocycles. The number of ether oxygens (including phenoxy) is 2. The van der Waals surface area contributed by atoms with Gasteiger partial charge in [0.25, 0.3) is 0 Å². The van der Waals surface area contributed by atoms with Crippen LogP contribution in [-0.4, -0.2) is 50.3 Å². The summed E-state index contributed by atoms with van der Waals surface area (Å²) < 4.78 is 10.9. The summed E-state index contributed by atoms with van der Waals surface area (Å²) in [4.78, 5) is 9.34. The number of anilines is 1. The van der Waals surface area contributed by atoms with Crippen molar-refractivity contribution >= 4 is 28.2 Å². The first kappa shape index (κ1) is 18.8. The number of benzene rings is 2. The quantitative estimate of drug-likeness (QED) is 0.644. The van der Waals surface area contributed by atoms with E-state index < -0.39 is 0 Å². The van der Waals surface area contributed by atoms with Crippen molar-refractivity contribution in [2.75, 3.05) is 45.3 Å². The molecule has 0 bridgehead atoms. The predicted octanol–water partition coefficient (Wildman–Crippen LogP) is 4.23. The first-order valence-electron chi connectivity index (χ1n) is 9.40. The Labute approximate surface area is 170 Å². The second-order valence-electron chi connectivity index (χ2n) is 6.93. The van der Waals surface area contributed by atoms with E-state index in [2.05, 4.69) is 33.0 Å². The number of fused-ring (bicyclic) bond motifs is 1. The van der Waals surface area contributed by atoms with E-state index in [1.54, 1.807) is 14.2 Å². The van der Waals surface area contributed by atoms with E-state index in [1.807, 2.05) is 30.5 Å². The van der Waals surface area contributed by atoms with Crippen LogP contribution in [-0.2, 0) is 6.54 Å². The Morgan fingerprint density at radius 3 is 2.54 bits per heavy atom. The molecular formula is C22H24ClN3O2. The van der Waals surface area contributed by atoms with E-state index >= 15 is 0 Å². The number of pyridine rings is 1.